The van der Waals surface area contributed by atoms with Crippen LogP contribution in [-0.4, -0.2) is 40.6 Å². The van der Waals surface area contributed by atoms with Crippen LogP contribution in [0.25, 0.3) is 11.1 Å². The summed E-state index contributed by atoms with van der Waals surface area (Å²) < 4.78 is 0. The van der Waals surface area contributed by atoms with Gasteiger partial charge in [-0.1, -0.05) is 42.5 Å². The zero-order valence-electron chi connectivity index (χ0n) is 19.5. The largest absolute Gasteiger partial charge is 0.392 e. The second-order valence-electron chi connectivity index (χ2n) is 9.55. The molecule has 3 N–H and O–H groups in total. The molecule has 174 valence electrons. The molecule has 0 saturated carbocycles. The number of rotatable bonds is 5. The number of nitrogens with two attached hydrogens (primary N) is 1. The van der Waals surface area contributed by atoms with Crippen molar-refractivity contribution in [1.29, 1.82) is 0 Å². The van der Waals surface area contributed by atoms with Crippen LogP contribution >= 0.6 is 0 Å². The lowest BCUT2D eigenvalue weighted by atomic mass is 9.76. The number of hydrogen-bond donors (Lipinski definition) is 2. The van der Waals surface area contributed by atoms with Gasteiger partial charge in [-0.25, -0.2) is 0 Å². The Hall–Kier alpha value is -2.99. The number of carbonyl (C=O) groups is 2. The van der Waals surface area contributed by atoms with Crippen LogP contribution in [0.2, 0.25) is 0 Å². The standard InChI is InChI=1S/C27H33N3O3/c1-18(32)30-12-10-19(11-13-30)14-23-16-25(33)27(2,29-26(23)28)24-5-3-4-22(15-24)21-8-6-20(17-31)7-9-21/h3-9,15,19,23,31H,10-14,16-17H2,1-2H3,(H2,28,29). The van der Waals surface area contributed by atoms with Gasteiger partial charge in [-0.3, -0.25) is 14.6 Å². The Morgan fingerprint density at radius 3 is 2.48 bits per heavy atom. The third-order valence-electron chi connectivity index (χ3n) is 7.32. The van der Waals surface area contributed by atoms with Gasteiger partial charge in [0, 0.05) is 32.4 Å². The summed E-state index contributed by atoms with van der Waals surface area (Å²) in [5.41, 5.74) is 9.17. The molecule has 2 aromatic rings. The van der Waals surface area contributed by atoms with E-state index in [2.05, 4.69) is 0 Å². The number of amidine groups is 1. The van der Waals surface area contributed by atoms with Crippen molar-refractivity contribution >= 4 is 17.5 Å². The zero-order chi connectivity index (χ0) is 23.6. The van der Waals surface area contributed by atoms with E-state index in [1.54, 1.807) is 6.92 Å². The van der Waals surface area contributed by atoms with Crippen LogP contribution in [0, 0.1) is 11.8 Å². The highest BCUT2D eigenvalue weighted by molar-refractivity contribution is 6.00. The van der Waals surface area contributed by atoms with Crippen LogP contribution in [-0.2, 0) is 21.7 Å². The minimum Gasteiger partial charge on any atom is -0.392 e. The molecule has 6 nitrogen and oxygen atoms in total. The van der Waals surface area contributed by atoms with Gasteiger partial charge in [-0.05, 0) is 60.4 Å². The minimum atomic E-state index is -0.986. The van der Waals surface area contributed by atoms with Crippen LogP contribution < -0.4 is 5.73 Å². The summed E-state index contributed by atoms with van der Waals surface area (Å²) >= 11 is 0. The molecule has 1 saturated heterocycles. The summed E-state index contributed by atoms with van der Waals surface area (Å²) in [6.45, 7) is 5.05. The molecule has 2 atom stereocenters. The quantitative estimate of drug-likeness (QED) is 0.731. The number of benzene rings is 2. The second-order valence-corrected chi connectivity index (χ2v) is 9.55. The molecule has 2 aromatic carbocycles. The second kappa shape index (κ2) is 9.48. The highest BCUT2D eigenvalue weighted by atomic mass is 16.3. The first kappa shape index (κ1) is 23.2. The van der Waals surface area contributed by atoms with E-state index in [4.69, 9.17) is 10.7 Å². The molecule has 4 rings (SSSR count). The molecule has 1 fully saturated rings. The Morgan fingerprint density at radius 2 is 1.85 bits per heavy atom. The molecule has 0 aromatic heterocycles. The number of Topliss-reactive ketones (excluding diaryl/α,β-unsaturated/α-hetero) is 1. The van der Waals surface area contributed by atoms with Crippen molar-refractivity contribution in [2.24, 2.45) is 22.6 Å². The van der Waals surface area contributed by atoms with Crippen LogP contribution in [0.4, 0.5) is 0 Å². The number of aliphatic hydroxyl groups excluding tert-OH is 1. The molecule has 0 aliphatic carbocycles. The van der Waals surface area contributed by atoms with E-state index in [0.717, 1.165) is 54.6 Å². The predicted molar refractivity (Wildman–Crippen MR) is 129 cm³/mol. The predicted octanol–water partition coefficient (Wildman–Crippen LogP) is 3.66. The van der Waals surface area contributed by atoms with E-state index >= 15 is 0 Å². The maximum absolute atomic E-state index is 13.3. The molecular formula is C27H33N3O3. The van der Waals surface area contributed by atoms with Gasteiger partial charge in [0.25, 0.3) is 0 Å². The normalized spacial score (nSPS) is 24.0. The number of ketones is 1. The van der Waals surface area contributed by atoms with Crippen molar-refractivity contribution in [3.63, 3.8) is 0 Å². The minimum absolute atomic E-state index is 0.0118. The lowest BCUT2D eigenvalue weighted by Gasteiger charge is -2.36. The van der Waals surface area contributed by atoms with E-state index in [1.165, 1.54) is 0 Å². The number of amides is 1. The van der Waals surface area contributed by atoms with E-state index in [-0.39, 0.29) is 24.2 Å². The summed E-state index contributed by atoms with van der Waals surface area (Å²) in [7, 11) is 0. The van der Waals surface area contributed by atoms with E-state index < -0.39 is 5.54 Å². The number of aliphatic hydroxyl groups is 1. The van der Waals surface area contributed by atoms with Crippen molar-refractivity contribution in [3.8, 4) is 11.1 Å². The van der Waals surface area contributed by atoms with Gasteiger partial charge in [0.05, 0.1) is 12.4 Å². The first-order valence-electron chi connectivity index (χ1n) is 11.7. The third-order valence-corrected chi connectivity index (χ3v) is 7.32. The lowest BCUT2D eigenvalue weighted by Crippen LogP contribution is -2.44. The maximum Gasteiger partial charge on any atom is 0.219 e. The fraction of sp³-hybridized carbons (Fsp3) is 0.444. The Bertz CT molecular complexity index is 1050. The van der Waals surface area contributed by atoms with E-state index in [1.807, 2.05) is 60.4 Å². The van der Waals surface area contributed by atoms with Gasteiger partial charge < -0.3 is 15.7 Å². The molecule has 6 heteroatoms. The highest BCUT2D eigenvalue weighted by Gasteiger charge is 2.41. The molecule has 0 spiro atoms. The summed E-state index contributed by atoms with van der Waals surface area (Å²) in [5, 5.41) is 9.28. The van der Waals surface area contributed by atoms with Gasteiger partial charge in [-0.15, -0.1) is 0 Å². The molecule has 2 aliphatic rings. The first-order chi connectivity index (χ1) is 15.8. The smallest absolute Gasteiger partial charge is 0.219 e. The molecule has 0 bridgehead atoms. The summed E-state index contributed by atoms with van der Waals surface area (Å²) in [6.07, 6.45) is 3.15. The summed E-state index contributed by atoms with van der Waals surface area (Å²) in [6, 6.07) is 15.7. The third kappa shape index (κ3) is 4.86. The zero-order valence-corrected chi connectivity index (χ0v) is 19.5. The Morgan fingerprint density at radius 1 is 1.15 bits per heavy atom. The van der Waals surface area contributed by atoms with Gasteiger partial charge >= 0.3 is 0 Å². The van der Waals surface area contributed by atoms with E-state index in [0.29, 0.717) is 18.2 Å². The topological polar surface area (TPSA) is 96.0 Å². The lowest BCUT2D eigenvalue weighted by molar-refractivity contribution is -0.130. The van der Waals surface area contributed by atoms with Crippen LogP contribution in [0.1, 0.15) is 50.7 Å². The summed E-state index contributed by atoms with van der Waals surface area (Å²) in [4.78, 5) is 31.6. The Kier molecular flexibility index (Phi) is 6.66. The van der Waals surface area contributed by atoms with Crippen LogP contribution in [0.3, 0.4) is 0 Å². The molecule has 33 heavy (non-hydrogen) atoms. The van der Waals surface area contributed by atoms with Gasteiger partial charge in [0.15, 0.2) is 5.78 Å². The number of carbonyl (C=O) groups excluding carboxylic acids is 2. The molecule has 2 aliphatic heterocycles. The first-order valence-corrected chi connectivity index (χ1v) is 11.7. The van der Waals surface area contributed by atoms with Gasteiger partial charge in [0.2, 0.25) is 5.91 Å². The fourth-order valence-electron chi connectivity index (χ4n) is 5.06. The highest BCUT2D eigenvalue weighted by Crippen LogP contribution is 2.38. The summed E-state index contributed by atoms with van der Waals surface area (Å²) in [5.74, 6) is 1.21. The molecular weight excluding hydrogens is 414 g/mol. The van der Waals surface area contributed by atoms with Crippen molar-refractivity contribution < 1.29 is 14.7 Å². The average Bonchev–Trinajstić information content (AvgIpc) is 2.83. The number of aliphatic imine (C=N–C) groups is 1. The SMILES string of the molecule is CC(=O)N1CCC(CC2CC(=O)C(C)(c3cccc(-c4ccc(CO)cc4)c3)N=C2N)CC1. The molecule has 2 heterocycles. The Labute approximate surface area is 195 Å². The number of hydrogen-bond acceptors (Lipinski definition) is 5. The molecule has 1 amide bonds. The van der Waals surface area contributed by atoms with Crippen molar-refractivity contribution in [2.45, 2.75) is 51.7 Å². The van der Waals surface area contributed by atoms with Crippen LogP contribution in [0.15, 0.2) is 53.5 Å². The Balaban J connectivity index is 1.51. The number of piperidine rings is 1. The average molecular weight is 448 g/mol. The van der Waals surface area contributed by atoms with E-state index in [9.17, 15) is 14.7 Å². The number of nitrogens with zero attached hydrogens (tertiary/aromatic N) is 2. The molecule has 2 unspecified atom stereocenters. The van der Waals surface area contributed by atoms with Crippen molar-refractivity contribution in [3.05, 3.63) is 59.7 Å². The molecule has 0 radical (unpaired) electrons. The van der Waals surface area contributed by atoms with Crippen molar-refractivity contribution in [2.75, 3.05) is 13.1 Å². The maximum atomic E-state index is 13.3. The van der Waals surface area contributed by atoms with Crippen molar-refractivity contribution in [1.82, 2.24) is 4.90 Å². The van der Waals surface area contributed by atoms with Gasteiger partial charge in [-0.2, -0.15) is 0 Å². The van der Waals surface area contributed by atoms with Gasteiger partial charge in [0.1, 0.15) is 5.54 Å². The number of likely N-dealkylation sites (tertiary alicyclic amines) is 1. The fourth-order valence-corrected chi connectivity index (χ4v) is 5.06. The van der Waals surface area contributed by atoms with Crippen LogP contribution in [0.5, 0.6) is 0 Å². The monoisotopic (exact) mass is 447 g/mol.